The molecule has 1 fully saturated rings. The molecule has 1 aliphatic rings. The second-order valence-corrected chi connectivity index (χ2v) is 5.02. The summed E-state index contributed by atoms with van der Waals surface area (Å²) in [6.45, 7) is 1.93. The average Bonchev–Trinajstić information content (AvgIpc) is 2.41. The molecule has 0 aromatic carbocycles. The highest BCUT2D eigenvalue weighted by molar-refractivity contribution is 6.33. The Morgan fingerprint density at radius 1 is 1.50 bits per heavy atom. The van der Waals surface area contributed by atoms with Crippen molar-refractivity contribution in [2.45, 2.75) is 18.8 Å². The van der Waals surface area contributed by atoms with Gasteiger partial charge in [-0.15, -0.1) is 0 Å². The summed E-state index contributed by atoms with van der Waals surface area (Å²) in [5, 5.41) is 3.85. The minimum atomic E-state index is -0.0666. The molecule has 0 aliphatic carbocycles. The number of hydrogen-bond donors (Lipinski definition) is 1. The lowest BCUT2D eigenvalue weighted by atomic mass is 9.96. The fourth-order valence-electron chi connectivity index (χ4n) is 2.42. The molecule has 2 aromatic rings. The largest absolute Gasteiger partial charge is 0.316 e. The topological polar surface area (TPSA) is 46.4 Å². The second-order valence-electron chi connectivity index (χ2n) is 4.61. The SMILES string of the molecule is O=c1cc(C2CCCNC2)nc2c(Cl)cccn12. The number of nitrogens with zero attached hydrogens (tertiary/aromatic N) is 2. The van der Waals surface area contributed by atoms with Crippen LogP contribution >= 0.6 is 11.6 Å². The van der Waals surface area contributed by atoms with Crippen molar-refractivity contribution in [2.75, 3.05) is 13.1 Å². The normalized spacial score (nSPS) is 20.2. The zero-order valence-corrected chi connectivity index (χ0v) is 10.7. The lowest BCUT2D eigenvalue weighted by molar-refractivity contribution is 0.454. The second kappa shape index (κ2) is 4.71. The molecule has 4 nitrogen and oxygen atoms in total. The molecule has 0 spiro atoms. The fraction of sp³-hybridized carbons (Fsp3) is 0.385. The third kappa shape index (κ3) is 2.02. The molecule has 0 amide bonds. The van der Waals surface area contributed by atoms with Gasteiger partial charge in [0, 0.05) is 24.7 Å². The van der Waals surface area contributed by atoms with Crippen molar-refractivity contribution < 1.29 is 0 Å². The molecule has 3 heterocycles. The molecule has 1 saturated heterocycles. The third-order valence-electron chi connectivity index (χ3n) is 3.38. The van der Waals surface area contributed by atoms with E-state index < -0.39 is 0 Å². The van der Waals surface area contributed by atoms with Crippen molar-refractivity contribution in [3.05, 3.63) is 45.5 Å². The summed E-state index contributed by atoms with van der Waals surface area (Å²) in [5.74, 6) is 0.313. The first-order valence-corrected chi connectivity index (χ1v) is 6.52. The lowest BCUT2D eigenvalue weighted by Crippen LogP contribution is -2.30. The quantitative estimate of drug-likeness (QED) is 0.854. The van der Waals surface area contributed by atoms with Crippen LogP contribution < -0.4 is 10.9 Å². The van der Waals surface area contributed by atoms with E-state index in [9.17, 15) is 4.79 Å². The van der Waals surface area contributed by atoms with Gasteiger partial charge in [0.1, 0.15) is 0 Å². The maximum atomic E-state index is 12.0. The predicted molar refractivity (Wildman–Crippen MR) is 71.3 cm³/mol. The van der Waals surface area contributed by atoms with Crippen LogP contribution in [-0.2, 0) is 0 Å². The van der Waals surface area contributed by atoms with E-state index in [1.165, 1.54) is 4.40 Å². The Morgan fingerprint density at radius 3 is 3.17 bits per heavy atom. The summed E-state index contributed by atoms with van der Waals surface area (Å²) in [5.41, 5.74) is 1.33. The molecule has 1 unspecified atom stereocenters. The standard InChI is InChI=1S/C13H14ClN3O/c14-10-4-2-6-17-12(18)7-11(16-13(10)17)9-3-1-5-15-8-9/h2,4,6-7,9,15H,1,3,5,8H2. The van der Waals surface area contributed by atoms with E-state index >= 15 is 0 Å². The van der Waals surface area contributed by atoms with E-state index in [2.05, 4.69) is 10.3 Å². The molecule has 1 atom stereocenters. The minimum Gasteiger partial charge on any atom is -0.316 e. The third-order valence-corrected chi connectivity index (χ3v) is 3.67. The van der Waals surface area contributed by atoms with Gasteiger partial charge in [0.15, 0.2) is 5.65 Å². The zero-order valence-electron chi connectivity index (χ0n) is 9.90. The van der Waals surface area contributed by atoms with Crippen molar-refractivity contribution in [3.63, 3.8) is 0 Å². The summed E-state index contributed by atoms with van der Waals surface area (Å²) in [7, 11) is 0. The first kappa shape index (κ1) is 11.7. The zero-order chi connectivity index (χ0) is 12.5. The van der Waals surface area contributed by atoms with E-state index in [1.807, 2.05) is 0 Å². The van der Waals surface area contributed by atoms with Gasteiger partial charge in [-0.05, 0) is 31.5 Å². The van der Waals surface area contributed by atoms with Crippen LogP contribution in [0.25, 0.3) is 5.65 Å². The van der Waals surface area contributed by atoms with Gasteiger partial charge in [-0.1, -0.05) is 11.6 Å². The molecule has 2 aromatic heterocycles. The van der Waals surface area contributed by atoms with Crippen LogP contribution in [0.15, 0.2) is 29.2 Å². The van der Waals surface area contributed by atoms with Crippen LogP contribution in [0.4, 0.5) is 0 Å². The van der Waals surface area contributed by atoms with Crippen LogP contribution in [0, 0.1) is 0 Å². The van der Waals surface area contributed by atoms with Gasteiger partial charge < -0.3 is 5.32 Å². The lowest BCUT2D eigenvalue weighted by Gasteiger charge is -2.22. The number of rotatable bonds is 1. The summed E-state index contributed by atoms with van der Waals surface area (Å²) < 4.78 is 1.49. The van der Waals surface area contributed by atoms with Gasteiger partial charge in [0.25, 0.3) is 5.56 Å². The van der Waals surface area contributed by atoms with Crippen LogP contribution in [0.1, 0.15) is 24.5 Å². The Bertz CT molecular complexity index is 632. The first-order chi connectivity index (χ1) is 8.75. The molecule has 18 heavy (non-hydrogen) atoms. The first-order valence-electron chi connectivity index (χ1n) is 6.14. The summed E-state index contributed by atoms with van der Waals surface area (Å²) >= 11 is 6.10. The van der Waals surface area contributed by atoms with Crippen LogP contribution in [0.5, 0.6) is 0 Å². The predicted octanol–water partition coefficient (Wildman–Crippen LogP) is 1.81. The van der Waals surface area contributed by atoms with Crippen LogP contribution in [0.3, 0.4) is 0 Å². The number of halogens is 1. The van der Waals surface area contributed by atoms with E-state index in [0.717, 1.165) is 31.6 Å². The molecule has 0 saturated carbocycles. The van der Waals surface area contributed by atoms with Gasteiger partial charge in [-0.2, -0.15) is 0 Å². The summed E-state index contributed by atoms with van der Waals surface area (Å²) in [6.07, 6.45) is 3.88. The van der Waals surface area contributed by atoms with E-state index in [1.54, 1.807) is 24.4 Å². The molecule has 0 radical (unpaired) electrons. The molecule has 1 aliphatic heterocycles. The Morgan fingerprint density at radius 2 is 2.39 bits per heavy atom. The Labute approximate surface area is 110 Å². The fourth-order valence-corrected chi connectivity index (χ4v) is 2.63. The van der Waals surface area contributed by atoms with E-state index in [0.29, 0.717) is 16.6 Å². The van der Waals surface area contributed by atoms with Gasteiger partial charge in [0.2, 0.25) is 0 Å². The number of fused-ring (bicyclic) bond motifs is 1. The minimum absolute atomic E-state index is 0.0666. The maximum absolute atomic E-state index is 12.0. The van der Waals surface area contributed by atoms with Crippen molar-refractivity contribution in [1.82, 2.24) is 14.7 Å². The summed E-state index contributed by atoms with van der Waals surface area (Å²) in [4.78, 5) is 16.6. The average molecular weight is 264 g/mol. The highest BCUT2D eigenvalue weighted by Gasteiger charge is 2.18. The maximum Gasteiger partial charge on any atom is 0.258 e. The smallest absolute Gasteiger partial charge is 0.258 e. The Balaban J connectivity index is 2.14. The Kier molecular flexibility index (Phi) is 3.06. The van der Waals surface area contributed by atoms with Gasteiger partial charge in [-0.25, -0.2) is 4.98 Å². The van der Waals surface area contributed by atoms with Gasteiger partial charge in [-0.3, -0.25) is 9.20 Å². The molecular formula is C13H14ClN3O. The molecular weight excluding hydrogens is 250 g/mol. The molecule has 3 rings (SSSR count). The molecule has 5 heteroatoms. The Hall–Kier alpha value is -1.39. The van der Waals surface area contributed by atoms with Crippen molar-refractivity contribution in [2.24, 2.45) is 0 Å². The van der Waals surface area contributed by atoms with E-state index in [-0.39, 0.29) is 5.56 Å². The summed E-state index contributed by atoms with van der Waals surface area (Å²) in [6, 6.07) is 5.13. The molecule has 1 N–H and O–H groups in total. The number of hydrogen-bond acceptors (Lipinski definition) is 3. The van der Waals surface area contributed by atoms with Gasteiger partial charge >= 0.3 is 0 Å². The van der Waals surface area contributed by atoms with Crippen LogP contribution in [-0.4, -0.2) is 22.5 Å². The number of aromatic nitrogens is 2. The number of pyridine rings is 1. The molecule has 0 bridgehead atoms. The number of piperidine rings is 1. The number of nitrogens with one attached hydrogen (secondary N) is 1. The van der Waals surface area contributed by atoms with Crippen molar-refractivity contribution in [1.29, 1.82) is 0 Å². The molecule has 94 valence electrons. The van der Waals surface area contributed by atoms with Crippen molar-refractivity contribution in [3.8, 4) is 0 Å². The van der Waals surface area contributed by atoms with Crippen molar-refractivity contribution >= 4 is 17.2 Å². The monoisotopic (exact) mass is 263 g/mol. The van der Waals surface area contributed by atoms with Crippen LogP contribution in [0.2, 0.25) is 5.02 Å². The highest BCUT2D eigenvalue weighted by Crippen LogP contribution is 2.22. The highest BCUT2D eigenvalue weighted by atomic mass is 35.5. The van der Waals surface area contributed by atoms with E-state index in [4.69, 9.17) is 11.6 Å². The van der Waals surface area contributed by atoms with Gasteiger partial charge in [0.05, 0.1) is 10.7 Å².